The largest absolute Gasteiger partial charge is 0.365 e. The van der Waals surface area contributed by atoms with Crippen molar-refractivity contribution in [1.82, 2.24) is 5.32 Å². The Labute approximate surface area is 88.6 Å². The molecule has 0 unspecified atom stereocenters. The molecular weight excluding hydrogens is 192 g/mol. The van der Waals surface area contributed by atoms with Crippen LogP contribution in [0.2, 0.25) is 0 Å². The zero-order valence-electron chi connectivity index (χ0n) is 9.17. The van der Waals surface area contributed by atoms with E-state index in [-0.39, 0.29) is 16.8 Å². The van der Waals surface area contributed by atoms with E-state index in [1.165, 1.54) is 0 Å². The van der Waals surface area contributed by atoms with E-state index in [0.29, 0.717) is 5.69 Å². The van der Waals surface area contributed by atoms with Crippen LogP contribution in [0.5, 0.6) is 0 Å². The maximum Gasteiger partial charge on any atom is 0.249 e. The molecule has 15 heavy (non-hydrogen) atoms. The SMILES string of the molecule is CC(C)c1c(N2CCNCC2)c(=O)c1=O. The third-order valence-corrected chi connectivity index (χ3v) is 2.93. The first kappa shape index (κ1) is 10.4. The highest BCUT2D eigenvalue weighted by molar-refractivity contribution is 5.60. The van der Waals surface area contributed by atoms with Gasteiger partial charge in [-0.2, -0.15) is 0 Å². The summed E-state index contributed by atoms with van der Waals surface area (Å²) in [5.74, 6) is 0.153. The number of hydrogen-bond donors (Lipinski definition) is 1. The highest BCUT2D eigenvalue weighted by Crippen LogP contribution is 2.22. The minimum absolute atomic E-state index is 0.153. The van der Waals surface area contributed by atoms with Gasteiger partial charge < -0.3 is 10.2 Å². The lowest BCUT2D eigenvalue weighted by molar-refractivity contribution is 0.583. The lowest BCUT2D eigenvalue weighted by Gasteiger charge is -2.32. The van der Waals surface area contributed by atoms with Crippen LogP contribution in [0.25, 0.3) is 0 Å². The molecule has 1 aliphatic rings. The molecule has 0 amide bonds. The van der Waals surface area contributed by atoms with Gasteiger partial charge in [0.15, 0.2) is 0 Å². The molecule has 1 N–H and O–H groups in total. The van der Waals surface area contributed by atoms with Gasteiger partial charge in [0.1, 0.15) is 0 Å². The number of piperazine rings is 1. The van der Waals surface area contributed by atoms with Gasteiger partial charge in [0.05, 0.1) is 5.69 Å². The lowest BCUT2D eigenvalue weighted by atomic mass is 9.95. The van der Waals surface area contributed by atoms with E-state index in [1.807, 2.05) is 18.7 Å². The Bertz CT molecular complexity index is 424. The van der Waals surface area contributed by atoms with Crippen molar-refractivity contribution in [1.29, 1.82) is 0 Å². The van der Waals surface area contributed by atoms with Crippen LogP contribution in [0.3, 0.4) is 0 Å². The Morgan fingerprint density at radius 3 is 2.27 bits per heavy atom. The van der Waals surface area contributed by atoms with Crippen molar-refractivity contribution in [2.24, 2.45) is 0 Å². The number of nitrogens with zero attached hydrogens (tertiary/aromatic N) is 1. The Balaban J connectivity index is 2.31. The average Bonchev–Trinajstić information content (AvgIpc) is 2.25. The third-order valence-electron chi connectivity index (χ3n) is 2.93. The fraction of sp³-hybridized carbons (Fsp3) is 0.636. The Morgan fingerprint density at radius 1 is 1.13 bits per heavy atom. The molecule has 0 spiro atoms. The molecule has 4 nitrogen and oxygen atoms in total. The van der Waals surface area contributed by atoms with E-state index in [4.69, 9.17) is 0 Å². The van der Waals surface area contributed by atoms with Gasteiger partial charge in [-0.3, -0.25) is 9.59 Å². The molecule has 1 aliphatic heterocycles. The second-order valence-corrected chi connectivity index (χ2v) is 4.31. The quantitative estimate of drug-likeness (QED) is 0.685. The Morgan fingerprint density at radius 2 is 1.73 bits per heavy atom. The van der Waals surface area contributed by atoms with Crippen molar-refractivity contribution in [3.8, 4) is 0 Å². The van der Waals surface area contributed by atoms with E-state index in [2.05, 4.69) is 5.32 Å². The number of anilines is 1. The fourth-order valence-electron chi connectivity index (χ4n) is 2.14. The molecule has 0 aromatic heterocycles. The van der Waals surface area contributed by atoms with Crippen molar-refractivity contribution in [3.05, 3.63) is 26.0 Å². The van der Waals surface area contributed by atoms with Crippen molar-refractivity contribution < 1.29 is 0 Å². The molecule has 1 heterocycles. The molecule has 82 valence electrons. The van der Waals surface area contributed by atoms with Gasteiger partial charge in [-0.05, 0) is 5.92 Å². The molecule has 0 atom stereocenters. The van der Waals surface area contributed by atoms with Gasteiger partial charge in [-0.15, -0.1) is 0 Å². The van der Waals surface area contributed by atoms with E-state index in [9.17, 15) is 9.59 Å². The molecule has 1 aromatic rings. The van der Waals surface area contributed by atoms with E-state index < -0.39 is 0 Å². The highest BCUT2D eigenvalue weighted by Gasteiger charge is 2.27. The molecule has 2 rings (SSSR count). The van der Waals surface area contributed by atoms with E-state index >= 15 is 0 Å². The van der Waals surface area contributed by atoms with Crippen molar-refractivity contribution >= 4 is 5.69 Å². The van der Waals surface area contributed by atoms with Crippen LogP contribution < -0.4 is 21.1 Å². The Hall–Kier alpha value is -1.16. The molecule has 0 saturated carbocycles. The lowest BCUT2D eigenvalue weighted by Crippen LogP contribution is -2.51. The average molecular weight is 208 g/mol. The van der Waals surface area contributed by atoms with Gasteiger partial charge in [-0.25, -0.2) is 0 Å². The van der Waals surface area contributed by atoms with Gasteiger partial charge in [0, 0.05) is 31.7 Å². The summed E-state index contributed by atoms with van der Waals surface area (Å²) >= 11 is 0. The van der Waals surface area contributed by atoms with Crippen LogP contribution in [0.1, 0.15) is 25.3 Å². The monoisotopic (exact) mass is 208 g/mol. The minimum atomic E-state index is -0.291. The summed E-state index contributed by atoms with van der Waals surface area (Å²) in [4.78, 5) is 24.9. The normalized spacial score (nSPS) is 17.7. The minimum Gasteiger partial charge on any atom is -0.365 e. The summed E-state index contributed by atoms with van der Waals surface area (Å²) in [7, 11) is 0. The van der Waals surface area contributed by atoms with Gasteiger partial charge in [0.2, 0.25) is 10.9 Å². The topological polar surface area (TPSA) is 49.4 Å². The van der Waals surface area contributed by atoms with Crippen LogP contribution in [-0.2, 0) is 0 Å². The molecule has 1 saturated heterocycles. The van der Waals surface area contributed by atoms with E-state index in [0.717, 1.165) is 31.7 Å². The standard InChI is InChI=1S/C11H16N2O2/c1-7(2)8-9(11(15)10(8)14)13-5-3-12-4-6-13/h7,12H,3-6H2,1-2H3. The zero-order valence-corrected chi connectivity index (χ0v) is 9.17. The molecule has 0 aliphatic carbocycles. The molecule has 1 aromatic carbocycles. The van der Waals surface area contributed by atoms with Gasteiger partial charge in [0.25, 0.3) is 0 Å². The maximum absolute atomic E-state index is 11.5. The van der Waals surface area contributed by atoms with Crippen LogP contribution in [0.4, 0.5) is 5.69 Å². The maximum atomic E-state index is 11.5. The van der Waals surface area contributed by atoms with Crippen LogP contribution in [0, 0.1) is 0 Å². The summed E-state index contributed by atoms with van der Waals surface area (Å²) in [6, 6.07) is 0. The second kappa shape index (κ2) is 3.77. The predicted octanol–water partition coefficient (Wildman–Crippen LogP) is -0.184. The smallest absolute Gasteiger partial charge is 0.249 e. The molecular formula is C11H16N2O2. The van der Waals surface area contributed by atoms with Crippen LogP contribution in [0.15, 0.2) is 9.59 Å². The zero-order chi connectivity index (χ0) is 11.0. The summed E-state index contributed by atoms with van der Waals surface area (Å²) in [5, 5.41) is 3.23. The van der Waals surface area contributed by atoms with Crippen LogP contribution in [-0.4, -0.2) is 26.2 Å². The van der Waals surface area contributed by atoms with Crippen molar-refractivity contribution in [2.45, 2.75) is 19.8 Å². The predicted molar refractivity (Wildman–Crippen MR) is 60.5 cm³/mol. The Kier molecular flexibility index (Phi) is 2.61. The van der Waals surface area contributed by atoms with Gasteiger partial charge >= 0.3 is 0 Å². The molecule has 0 bridgehead atoms. The number of rotatable bonds is 2. The molecule has 4 heteroatoms. The van der Waals surface area contributed by atoms with E-state index in [1.54, 1.807) is 0 Å². The molecule has 0 radical (unpaired) electrons. The summed E-state index contributed by atoms with van der Waals surface area (Å²) in [6.45, 7) is 7.34. The first-order chi connectivity index (χ1) is 7.13. The van der Waals surface area contributed by atoms with Gasteiger partial charge in [-0.1, -0.05) is 13.8 Å². The number of nitrogens with one attached hydrogen (secondary N) is 1. The summed E-state index contributed by atoms with van der Waals surface area (Å²) in [6.07, 6.45) is 0. The van der Waals surface area contributed by atoms with Crippen LogP contribution >= 0.6 is 0 Å². The van der Waals surface area contributed by atoms with Crippen molar-refractivity contribution in [2.75, 3.05) is 31.1 Å². The number of hydrogen-bond acceptors (Lipinski definition) is 4. The summed E-state index contributed by atoms with van der Waals surface area (Å²) in [5.41, 5.74) is 0.831. The first-order valence-corrected chi connectivity index (χ1v) is 5.41. The second-order valence-electron chi connectivity index (χ2n) is 4.31. The fourth-order valence-corrected chi connectivity index (χ4v) is 2.14. The van der Waals surface area contributed by atoms with Crippen molar-refractivity contribution in [3.63, 3.8) is 0 Å². The summed E-state index contributed by atoms with van der Waals surface area (Å²) < 4.78 is 0. The third kappa shape index (κ3) is 1.59. The highest BCUT2D eigenvalue weighted by atomic mass is 16.2. The first-order valence-electron chi connectivity index (χ1n) is 5.41. The molecule has 1 fully saturated rings.